The molecule has 1 aromatic heterocycles. The highest BCUT2D eigenvalue weighted by molar-refractivity contribution is 6.04. The predicted octanol–water partition coefficient (Wildman–Crippen LogP) is 5.29. The molecule has 0 radical (unpaired) electrons. The average Bonchev–Trinajstić information content (AvgIpc) is 1.62. The van der Waals surface area contributed by atoms with Gasteiger partial charge in [-0.2, -0.15) is 0 Å². The Morgan fingerprint density at radius 3 is 2.36 bits per heavy atom. The lowest BCUT2D eigenvalue weighted by atomic mass is 9.47. The summed E-state index contributed by atoms with van der Waals surface area (Å²) in [5, 5.41) is 39.7. The molecule has 81 heavy (non-hydrogen) atoms. The molecule has 6 aliphatic heterocycles. The van der Waals surface area contributed by atoms with Gasteiger partial charge in [-0.1, -0.05) is 78.0 Å². The summed E-state index contributed by atoms with van der Waals surface area (Å²) in [7, 11) is 3.27. The number of likely N-dealkylation sites (tertiary alicyclic amines) is 1. The van der Waals surface area contributed by atoms with E-state index in [1.165, 1.54) is 12.0 Å². The van der Waals surface area contributed by atoms with Crippen molar-refractivity contribution in [2.24, 2.45) is 34.5 Å². The standard InChI is InChI=1S/C62H83N7O12/c1-9-38-27-46-43(28-42(38)61(55(75)79-8)31-37-30-58(77,10-2)34-67(32-37)25-21-41-40-15-12-13-16-45(40)63-48(41)61)60-23-26-68-24-14-22-59(11-3,51(60)68)53(73)62(78,52(60)66(46)7)54(74)64-65-56(76)81-35-80-50(72)39-19-17-36(18-20-39)33-69-47(70)29-44(49(69)71)57(4,5)6/h12-16,22,27-28,36-37,39,44,51-53,63,73,77-78H,9-11,17-21,23-26,29-35H2,1-8H3,(H,64,74)(H,65,76)/t36?,37-,39?,44?,51-,52+,53+,58-,59+,60+,61-,62-/m0/s1. The Labute approximate surface area is 474 Å². The van der Waals surface area contributed by atoms with Crippen LogP contribution in [0.4, 0.5) is 10.5 Å². The van der Waals surface area contributed by atoms with E-state index in [-0.39, 0.29) is 41.4 Å². The second-order valence-electron chi connectivity index (χ2n) is 26.2. The highest BCUT2D eigenvalue weighted by atomic mass is 16.7. The molecule has 2 bridgehead atoms. The van der Waals surface area contributed by atoms with Gasteiger partial charge in [-0.25, -0.2) is 10.2 Å². The van der Waals surface area contributed by atoms with Gasteiger partial charge in [-0.15, -0.1) is 0 Å². The quantitative estimate of drug-likeness (QED) is 0.0470. The Morgan fingerprint density at radius 2 is 1.67 bits per heavy atom. The van der Waals surface area contributed by atoms with E-state index in [1.54, 1.807) is 0 Å². The molecule has 2 aliphatic carbocycles. The fourth-order valence-corrected chi connectivity index (χ4v) is 17.2. The number of anilines is 1. The van der Waals surface area contributed by atoms with Crippen LogP contribution in [0, 0.1) is 34.5 Å². The van der Waals surface area contributed by atoms with Crippen LogP contribution in [0.15, 0.2) is 48.6 Å². The number of aryl methyl sites for hydroxylation is 1. The largest absolute Gasteiger partial charge is 0.468 e. The summed E-state index contributed by atoms with van der Waals surface area (Å²) in [5.41, 5.74) is 3.10. The third-order valence-corrected chi connectivity index (χ3v) is 21.1. The minimum absolute atomic E-state index is 0.0559. The molecule has 3 saturated heterocycles. The van der Waals surface area contributed by atoms with Crippen LogP contribution in [0.25, 0.3) is 10.9 Å². The van der Waals surface area contributed by atoms with Gasteiger partial charge in [0.05, 0.1) is 30.6 Å². The zero-order valence-corrected chi connectivity index (χ0v) is 48.4. The number of esters is 2. The number of aromatic amines is 1. The third kappa shape index (κ3) is 8.82. The maximum absolute atomic E-state index is 15.6. The number of carbonyl (C=O) groups is 6. The Bertz CT molecular complexity index is 3060. The Balaban J connectivity index is 0.879. The number of amides is 4. The fraction of sp³-hybridized carbons (Fsp3) is 0.645. The van der Waals surface area contributed by atoms with Crippen LogP contribution in [-0.2, 0) is 61.9 Å². The first-order valence-electron chi connectivity index (χ1n) is 29.6. The minimum Gasteiger partial charge on any atom is -0.468 e. The molecule has 2 saturated carbocycles. The van der Waals surface area contributed by atoms with Crippen molar-refractivity contribution in [3.63, 3.8) is 0 Å². The Morgan fingerprint density at radius 1 is 0.914 bits per heavy atom. The van der Waals surface area contributed by atoms with Crippen LogP contribution in [0.2, 0.25) is 0 Å². The number of likely N-dealkylation sites (N-methyl/N-ethyl adjacent to an activating group) is 1. The summed E-state index contributed by atoms with van der Waals surface area (Å²) in [4.78, 5) is 94.9. The molecule has 1 spiro atoms. The van der Waals surface area contributed by atoms with Gasteiger partial charge in [0.15, 0.2) is 5.60 Å². The number of piperidine rings is 1. The van der Waals surface area contributed by atoms with E-state index in [2.05, 4.69) is 50.8 Å². The molecule has 7 heterocycles. The number of aliphatic hydroxyl groups is 3. The number of hydrogen-bond donors (Lipinski definition) is 6. The molecule has 3 aromatic rings. The zero-order chi connectivity index (χ0) is 57.8. The van der Waals surface area contributed by atoms with Crippen molar-refractivity contribution < 1.29 is 58.3 Å². The average molecular weight is 1120 g/mol. The molecule has 438 valence electrons. The maximum atomic E-state index is 15.6. The summed E-state index contributed by atoms with van der Waals surface area (Å²) in [6.45, 7) is 14.6. The number of aliphatic hydroxyl groups excluding tert-OH is 1. The van der Waals surface area contributed by atoms with Crippen LogP contribution >= 0.6 is 0 Å². The number of imide groups is 1. The lowest BCUT2D eigenvalue weighted by Gasteiger charge is -2.63. The summed E-state index contributed by atoms with van der Waals surface area (Å²) >= 11 is 0. The normalized spacial score (nSPS) is 35.2. The molecule has 5 fully saturated rings. The van der Waals surface area contributed by atoms with Gasteiger partial charge >= 0.3 is 18.0 Å². The van der Waals surface area contributed by atoms with E-state index >= 15 is 9.59 Å². The molecule has 6 N–H and O–H groups in total. The number of ether oxygens (including phenoxy) is 3. The number of benzene rings is 2. The molecule has 19 nitrogen and oxygen atoms in total. The summed E-state index contributed by atoms with van der Waals surface area (Å²) in [6.07, 6.45) is 6.83. The van der Waals surface area contributed by atoms with Gasteiger partial charge < -0.3 is 39.4 Å². The molecule has 11 atom stereocenters. The number of H-pyrrole nitrogens is 1. The Hall–Kier alpha value is -5.86. The van der Waals surface area contributed by atoms with Crippen LogP contribution in [0.3, 0.4) is 0 Å². The molecule has 8 aliphatic rings. The van der Waals surface area contributed by atoms with E-state index in [4.69, 9.17) is 14.2 Å². The first-order valence-corrected chi connectivity index (χ1v) is 29.6. The predicted molar refractivity (Wildman–Crippen MR) is 300 cm³/mol. The number of hydrogen-bond acceptors (Lipinski definition) is 15. The van der Waals surface area contributed by atoms with Gasteiger partial charge in [0, 0.05) is 85.3 Å². The van der Waals surface area contributed by atoms with Crippen LogP contribution in [-0.4, -0.2) is 160 Å². The van der Waals surface area contributed by atoms with Crippen molar-refractivity contribution in [1.82, 2.24) is 30.5 Å². The van der Waals surface area contributed by atoms with E-state index in [0.29, 0.717) is 110 Å². The second kappa shape index (κ2) is 20.8. The van der Waals surface area contributed by atoms with Crippen LogP contribution < -0.4 is 15.8 Å². The van der Waals surface area contributed by atoms with Crippen molar-refractivity contribution in [2.45, 2.75) is 159 Å². The molecule has 2 aromatic carbocycles. The molecule has 11 rings (SSSR count). The molecular formula is C62H83N7O12. The lowest BCUT2D eigenvalue weighted by Crippen LogP contribution is -2.82. The van der Waals surface area contributed by atoms with Crippen molar-refractivity contribution >= 4 is 52.3 Å². The van der Waals surface area contributed by atoms with Gasteiger partial charge in [-0.3, -0.25) is 44.1 Å². The fourth-order valence-electron chi connectivity index (χ4n) is 17.2. The monoisotopic (exact) mass is 1120 g/mol. The topological polar surface area (TPSA) is 244 Å². The molecule has 4 amide bonds. The number of nitrogens with one attached hydrogen (secondary N) is 3. The maximum Gasteiger partial charge on any atom is 0.428 e. The van der Waals surface area contributed by atoms with Crippen LogP contribution in [0.1, 0.15) is 134 Å². The number of aromatic nitrogens is 1. The van der Waals surface area contributed by atoms with Gasteiger partial charge in [0.25, 0.3) is 5.91 Å². The molecule has 19 heteroatoms. The van der Waals surface area contributed by atoms with E-state index in [1.807, 2.05) is 76.9 Å². The summed E-state index contributed by atoms with van der Waals surface area (Å²) in [6, 6.07) is 10.9. The Kier molecular flexibility index (Phi) is 14.6. The minimum atomic E-state index is -2.58. The molecule has 2 unspecified atom stereocenters. The van der Waals surface area contributed by atoms with E-state index in [9.17, 15) is 34.5 Å². The SMILES string of the molecule is CCc1cc2c(cc1[C@@]1(C(=O)OC)C[C@H]3CN(CCc4c1[nH]c1ccccc41)C[C@](O)(CC)C3)[C@@]13CCN4CC=C[C@@](CC)([C@@H](O)[C@](O)(C(=O)NNC(=O)OCOC(=O)C5CCC(CN6C(=O)CC(C(C)(C)C)C6=O)CC5)[C@@H]1N2C)[C@H]43. The lowest BCUT2D eigenvalue weighted by molar-refractivity contribution is -0.204. The van der Waals surface area contributed by atoms with Crippen molar-refractivity contribution in [2.75, 3.05) is 65.1 Å². The van der Waals surface area contributed by atoms with E-state index < -0.39 is 82.3 Å². The second-order valence-corrected chi connectivity index (χ2v) is 26.2. The van der Waals surface area contributed by atoms with Crippen molar-refractivity contribution in [3.05, 3.63) is 76.5 Å². The number of methoxy groups -OCH3 is 1. The number of para-hydroxylation sites is 1. The smallest absolute Gasteiger partial charge is 0.428 e. The third-order valence-electron chi connectivity index (χ3n) is 21.1. The number of hydrazine groups is 1. The van der Waals surface area contributed by atoms with Crippen LogP contribution in [0.5, 0.6) is 0 Å². The van der Waals surface area contributed by atoms with Crippen molar-refractivity contribution in [3.8, 4) is 0 Å². The van der Waals surface area contributed by atoms with Crippen molar-refractivity contribution in [1.29, 1.82) is 0 Å². The van der Waals surface area contributed by atoms with Gasteiger partial charge in [-0.05, 0) is 129 Å². The number of rotatable bonds is 11. The highest BCUT2D eigenvalue weighted by Crippen LogP contribution is 2.67. The highest BCUT2D eigenvalue weighted by Gasteiger charge is 2.79. The number of nitrogens with zero attached hydrogens (tertiary/aromatic N) is 4. The van der Waals surface area contributed by atoms with Gasteiger partial charge in [0.1, 0.15) is 11.5 Å². The first-order chi connectivity index (χ1) is 38.5. The zero-order valence-electron chi connectivity index (χ0n) is 48.4. The molecular weight excluding hydrogens is 1030 g/mol. The number of fused-ring (bicyclic) bond motifs is 6. The van der Waals surface area contributed by atoms with E-state index in [0.717, 1.165) is 44.5 Å². The summed E-state index contributed by atoms with van der Waals surface area (Å²) < 4.78 is 16.6. The number of carbonyl (C=O) groups excluding carboxylic acids is 6. The summed E-state index contributed by atoms with van der Waals surface area (Å²) in [5.74, 6) is -3.23. The first kappa shape index (κ1) is 57.0. The van der Waals surface area contributed by atoms with Gasteiger partial charge in [0.2, 0.25) is 18.6 Å².